The summed E-state index contributed by atoms with van der Waals surface area (Å²) < 4.78 is 50.3. The Balaban J connectivity index is 1.55. The lowest BCUT2D eigenvalue weighted by molar-refractivity contribution is -0.137. The highest BCUT2D eigenvalue weighted by molar-refractivity contribution is 6.34. The Kier molecular flexibility index (Phi) is 6.06. The topological polar surface area (TPSA) is 50.8 Å². The number of rotatable bonds is 4. The zero-order chi connectivity index (χ0) is 18.7. The standard InChI is InChI=1S/C17H20ClF3N2O3/c18-13-3-1-2-12(17(19,20)21)15(13)22-14(24)10-23-6-4-11(5-7-23)16-25-8-9-26-16/h1-3,11,16H,4-10H2,(H,22,24). The summed E-state index contributed by atoms with van der Waals surface area (Å²) >= 11 is 5.86. The molecule has 0 aromatic heterocycles. The summed E-state index contributed by atoms with van der Waals surface area (Å²) in [5, 5.41) is 2.18. The first kappa shape index (κ1) is 19.4. The van der Waals surface area contributed by atoms with Crippen molar-refractivity contribution >= 4 is 23.2 Å². The number of nitrogens with zero attached hydrogens (tertiary/aromatic N) is 1. The Morgan fingerprint density at radius 2 is 1.88 bits per heavy atom. The van der Waals surface area contributed by atoms with Gasteiger partial charge in [-0.05, 0) is 38.1 Å². The smallest absolute Gasteiger partial charge is 0.350 e. The van der Waals surface area contributed by atoms with Gasteiger partial charge in [0, 0.05) is 5.92 Å². The van der Waals surface area contributed by atoms with E-state index in [-0.39, 0.29) is 23.8 Å². The van der Waals surface area contributed by atoms with E-state index in [9.17, 15) is 18.0 Å². The molecular formula is C17H20ClF3N2O3. The predicted molar refractivity (Wildman–Crippen MR) is 89.9 cm³/mol. The molecule has 3 rings (SSSR count). The third kappa shape index (κ3) is 4.68. The number of piperidine rings is 1. The summed E-state index contributed by atoms with van der Waals surface area (Å²) in [6.07, 6.45) is -3.13. The molecule has 2 fully saturated rings. The van der Waals surface area contributed by atoms with E-state index in [0.717, 1.165) is 18.9 Å². The van der Waals surface area contributed by atoms with Crippen molar-refractivity contribution in [3.05, 3.63) is 28.8 Å². The van der Waals surface area contributed by atoms with Crippen molar-refractivity contribution in [2.45, 2.75) is 25.3 Å². The molecule has 26 heavy (non-hydrogen) atoms. The molecule has 2 aliphatic rings. The minimum absolute atomic E-state index is 0.0155. The largest absolute Gasteiger partial charge is 0.418 e. The molecule has 0 aliphatic carbocycles. The Bertz CT molecular complexity index is 643. The minimum Gasteiger partial charge on any atom is -0.350 e. The lowest BCUT2D eigenvalue weighted by atomic mass is 9.96. The lowest BCUT2D eigenvalue weighted by Crippen LogP contribution is -2.42. The van der Waals surface area contributed by atoms with Crippen LogP contribution in [0.5, 0.6) is 0 Å². The molecule has 2 saturated heterocycles. The fourth-order valence-corrected chi connectivity index (χ4v) is 3.52. The number of nitrogens with one attached hydrogen (secondary N) is 1. The molecule has 1 amide bonds. The van der Waals surface area contributed by atoms with Gasteiger partial charge in [0.25, 0.3) is 0 Å². The first-order valence-electron chi connectivity index (χ1n) is 8.45. The quantitative estimate of drug-likeness (QED) is 0.853. The number of halogens is 4. The van der Waals surface area contributed by atoms with Gasteiger partial charge in [-0.2, -0.15) is 13.2 Å². The Hall–Kier alpha value is -1.35. The third-order valence-corrected chi connectivity index (χ3v) is 4.93. The second-order valence-corrected chi connectivity index (χ2v) is 6.84. The van der Waals surface area contributed by atoms with Crippen LogP contribution in [0.15, 0.2) is 18.2 Å². The first-order chi connectivity index (χ1) is 12.3. The number of likely N-dealkylation sites (tertiary alicyclic amines) is 1. The van der Waals surface area contributed by atoms with Gasteiger partial charge in [-0.3, -0.25) is 9.69 Å². The van der Waals surface area contributed by atoms with Crippen LogP contribution in [0.2, 0.25) is 5.02 Å². The van der Waals surface area contributed by atoms with Crippen molar-refractivity contribution in [2.75, 3.05) is 38.2 Å². The number of ether oxygens (including phenoxy) is 2. The monoisotopic (exact) mass is 392 g/mol. The number of hydrogen-bond acceptors (Lipinski definition) is 4. The summed E-state index contributed by atoms with van der Waals surface area (Å²) in [4.78, 5) is 14.1. The maximum absolute atomic E-state index is 13.1. The molecular weight excluding hydrogens is 373 g/mol. The summed E-state index contributed by atoms with van der Waals surface area (Å²) in [5.74, 6) is -0.229. The van der Waals surface area contributed by atoms with Crippen LogP contribution in [0.1, 0.15) is 18.4 Å². The zero-order valence-electron chi connectivity index (χ0n) is 14.0. The van der Waals surface area contributed by atoms with Crippen LogP contribution in [-0.2, 0) is 20.4 Å². The van der Waals surface area contributed by atoms with E-state index in [0.29, 0.717) is 26.3 Å². The van der Waals surface area contributed by atoms with E-state index in [1.54, 1.807) is 0 Å². The first-order valence-corrected chi connectivity index (χ1v) is 8.83. The second-order valence-electron chi connectivity index (χ2n) is 6.43. The number of hydrogen-bond donors (Lipinski definition) is 1. The van der Waals surface area contributed by atoms with E-state index < -0.39 is 23.3 Å². The Morgan fingerprint density at radius 3 is 2.50 bits per heavy atom. The van der Waals surface area contributed by atoms with Crippen molar-refractivity contribution < 1.29 is 27.4 Å². The van der Waals surface area contributed by atoms with Gasteiger partial charge in [0.15, 0.2) is 6.29 Å². The molecule has 0 spiro atoms. The summed E-state index contributed by atoms with van der Waals surface area (Å²) in [7, 11) is 0. The van der Waals surface area contributed by atoms with Crippen molar-refractivity contribution in [3.8, 4) is 0 Å². The van der Waals surface area contributed by atoms with E-state index in [4.69, 9.17) is 21.1 Å². The van der Waals surface area contributed by atoms with Crippen LogP contribution in [0.4, 0.5) is 18.9 Å². The summed E-state index contributed by atoms with van der Waals surface area (Å²) in [6, 6.07) is 3.42. The second kappa shape index (κ2) is 8.12. The molecule has 0 unspecified atom stereocenters. The normalized spacial score (nSPS) is 20.5. The molecule has 0 saturated carbocycles. The number of amides is 1. The van der Waals surface area contributed by atoms with Gasteiger partial charge in [-0.1, -0.05) is 17.7 Å². The highest BCUT2D eigenvalue weighted by Gasteiger charge is 2.35. The molecule has 0 bridgehead atoms. The highest BCUT2D eigenvalue weighted by atomic mass is 35.5. The Labute approximate surface area is 154 Å². The van der Waals surface area contributed by atoms with E-state index in [1.807, 2.05) is 4.90 Å². The molecule has 1 aromatic carbocycles. The number of carbonyl (C=O) groups excluding carboxylic acids is 1. The van der Waals surface area contributed by atoms with E-state index in [2.05, 4.69) is 5.32 Å². The number of alkyl halides is 3. The molecule has 1 aromatic rings. The molecule has 5 nitrogen and oxygen atoms in total. The maximum atomic E-state index is 13.1. The van der Waals surface area contributed by atoms with Crippen LogP contribution in [-0.4, -0.2) is 49.9 Å². The fraction of sp³-hybridized carbons (Fsp3) is 0.588. The van der Waals surface area contributed by atoms with Crippen LogP contribution in [0, 0.1) is 5.92 Å². The zero-order valence-corrected chi connectivity index (χ0v) is 14.8. The minimum atomic E-state index is -4.59. The predicted octanol–water partition coefficient (Wildman–Crippen LogP) is 3.38. The summed E-state index contributed by atoms with van der Waals surface area (Å²) in [5.41, 5.74) is -1.35. The van der Waals surface area contributed by atoms with Crippen LogP contribution >= 0.6 is 11.6 Å². The highest BCUT2D eigenvalue weighted by Crippen LogP contribution is 2.38. The van der Waals surface area contributed by atoms with Gasteiger partial charge in [-0.15, -0.1) is 0 Å². The van der Waals surface area contributed by atoms with Crippen LogP contribution in [0.25, 0.3) is 0 Å². The number of anilines is 1. The van der Waals surface area contributed by atoms with Crippen molar-refractivity contribution in [2.24, 2.45) is 5.92 Å². The van der Waals surface area contributed by atoms with Gasteiger partial charge in [0.2, 0.25) is 5.91 Å². The Morgan fingerprint density at radius 1 is 1.23 bits per heavy atom. The van der Waals surface area contributed by atoms with Crippen molar-refractivity contribution in [1.29, 1.82) is 0 Å². The molecule has 0 atom stereocenters. The molecule has 1 N–H and O–H groups in total. The van der Waals surface area contributed by atoms with Crippen molar-refractivity contribution in [3.63, 3.8) is 0 Å². The van der Waals surface area contributed by atoms with Crippen LogP contribution in [0.3, 0.4) is 0 Å². The SMILES string of the molecule is O=C(CN1CCC(C2OCCO2)CC1)Nc1c(Cl)cccc1C(F)(F)F. The average molecular weight is 393 g/mol. The van der Waals surface area contributed by atoms with E-state index >= 15 is 0 Å². The molecule has 144 valence electrons. The molecule has 2 aliphatic heterocycles. The maximum Gasteiger partial charge on any atom is 0.418 e. The lowest BCUT2D eigenvalue weighted by Gasteiger charge is -2.33. The third-order valence-electron chi connectivity index (χ3n) is 4.62. The van der Waals surface area contributed by atoms with E-state index in [1.165, 1.54) is 12.1 Å². The van der Waals surface area contributed by atoms with Gasteiger partial charge in [0.05, 0.1) is 36.0 Å². The van der Waals surface area contributed by atoms with Crippen LogP contribution < -0.4 is 5.32 Å². The summed E-state index contributed by atoms with van der Waals surface area (Å²) in [6.45, 7) is 2.55. The van der Waals surface area contributed by atoms with Gasteiger partial charge < -0.3 is 14.8 Å². The molecule has 9 heteroatoms. The average Bonchev–Trinajstić information content (AvgIpc) is 3.11. The van der Waals surface area contributed by atoms with Gasteiger partial charge in [-0.25, -0.2) is 0 Å². The van der Waals surface area contributed by atoms with Crippen molar-refractivity contribution in [1.82, 2.24) is 4.90 Å². The number of para-hydroxylation sites is 1. The molecule has 0 radical (unpaired) electrons. The number of carbonyl (C=O) groups is 1. The number of benzene rings is 1. The fourth-order valence-electron chi connectivity index (χ4n) is 3.30. The molecule has 2 heterocycles. The van der Waals surface area contributed by atoms with Gasteiger partial charge in [0.1, 0.15) is 0 Å². The van der Waals surface area contributed by atoms with Gasteiger partial charge >= 0.3 is 6.18 Å².